The molecule has 44 heavy (non-hydrogen) atoms. The molecular weight excluding hydrogens is 586 g/mol. The van der Waals surface area contributed by atoms with Gasteiger partial charge in [0.1, 0.15) is 36.0 Å². The number of carbonyl (C=O) groups excluding carboxylic acids is 3. The summed E-state index contributed by atoms with van der Waals surface area (Å²) in [7, 11) is 1.43. The molecular formula is C29H53NO14. The molecule has 258 valence electrons. The van der Waals surface area contributed by atoms with Crippen LogP contribution in [0.15, 0.2) is 0 Å². The van der Waals surface area contributed by atoms with Crippen LogP contribution < -0.4 is 5.32 Å². The Labute approximate surface area is 259 Å². The van der Waals surface area contributed by atoms with E-state index in [-0.39, 0.29) is 63.5 Å². The van der Waals surface area contributed by atoms with E-state index in [2.05, 4.69) is 5.32 Å². The highest BCUT2D eigenvalue weighted by molar-refractivity contribution is 5.76. The zero-order valence-electron chi connectivity index (χ0n) is 26.5. The Hall–Kier alpha value is -1.63. The van der Waals surface area contributed by atoms with Gasteiger partial charge in [0.25, 0.3) is 0 Å². The summed E-state index contributed by atoms with van der Waals surface area (Å²) in [4.78, 5) is 34.4. The monoisotopic (exact) mass is 639 g/mol. The van der Waals surface area contributed by atoms with Gasteiger partial charge in [-0.15, -0.1) is 0 Å². The molecule has 0 aromatic heterocycles. The number of hydrogen-bond acceptors (Lipinski definition) is 14. The van der Waals surface area contributed by atoms with E-state index < -0.39 is 36.1 Å². The van der Waals surface area contributed by atoms with Crippen LogP contribution in [0.5, 0.6) is 0 Å². The normalized spacial score (nSPS) is 22.2. The average molecular weight is 640 g/mol. The number of nitrogens with one attached hydrogen (secondary N) is 1. The number of hydrogen-bond donors (Lipinski definition) is 4. The quantitative estimate of drug-likeness (QED) is 0.0799. The number of aliphatic hydroxyl groups is 3. The van der Waals surface area contributed by atoms with Crippen molar-refractivity contribution in [2.24, 2.45) is 5.41 Å². The van der Waals surface area contributed by atoms with Crippen molar-refractivity contribution in [2.45, 2.75) is 70.7 Å². The van der Waals surface area contributed by atoms with E-state index in [0.717, 1.165) is 0 Å². The minimum absolute atomic E-state index is 0.0353. The fourth-order valence-electron chi connectivity index (χ4n) is 3.93. The number of methoxy groups -OCH3 is 1. The first-order valence-corrected chi connectivity index (χ1v) is 14.9. The molecule has 1 rings (SSSR count). The molecule has 5 atom stereocenters. The second-order valence-electron chi connectivity index (χ2n) is 11.0. The molecule has 0 saturated carbocycles. The average Bonchev–Trinajstić information content (AvgIpc) is 2.97. The van der Waals surface area contributed by atoms with Crippen LogP contribution in [0.3, 0.4) is 0 Å². The van der Waals surface area contributed by atoms with Crippen LogP contribution >= 0.6 is 0 Å². The van der Waals surface area contributed by atoms with Gasteiger partial charge in [-0.2, -0.15) is 0 Å². The highest BCUT2D eigenvalue weighted by Gasteiger charge is 2.44. The lowest BCUT2D eigenvalue weighted by atomic mass is 9.94. The number of aliphatic hydroxyl groups excluding tert-OH is 3. The highest BCUT2D eigenvalue weighted by atomic mass is 16.7. The summed E-state index contributed by atoms with van der Waals surface area (Å²) in [5.74, 6) is -0.0965. The third-order valence-electron chi connectivity index (χ3n) is 6.47. The Bertz CT molecular complexity index is 778. The van der Waals surface area contributed by atoms with Crippen molar-refractivity contribution in [3.8, 4) is 0 Å². The standard InChI is InChI=1S/C29H53NO14/c1-21(31)5-9-40-18-29(3,19-41-10-6-22(2)32)20-42-11-7-24(33)30-8-12-38-13-14-39-15-16-43-28-27(36)26(35)25(34)23(44-28)17-37-4/h23,25-28,34-36H,5-20H2,1-4H3,(H,30,33). The molecule has 15 heteroatoms. The minimum Gasteiger partial charge on any atom is -0.387 e. The molecule has 4 N–H and O–H groups in total. The predicted molar refractivity (Wildman–Crippen MR) is 155 cm³/mol. The SMILES string of the molecule is COCC1OC(OCCOCCOCCNC(=O)CCOCC(C)(COCCC(C)=O)COCCC(C)=O)C(O)C(O)C1O. The summed E-state index contributed by atoms with van der Waals surface area (Å²) in [6, 6.07) is 0. The van der Waals surface area contributed by atoms with E-state index in [1.54, 1.807) is 0 Å². The molecule has 0 aromatic carbocycles. The largest absolute Gasteiger partial charge is 0.387 e. The van der Waals surface area contributed by atoms with Crippen molar-refractivity contribution in [1.82, 2.24) is 5.32 Å². The van der Waals surface area contributed by atoms with Gasteiger partial charge in [0, 0.05) is 38.3 Å². The number of ketones is 2. The zero-order valence-corrected chi connectivity index (χ0v) is 26.5. The molecule has 1 heterocycles. The van der Waals surface area contributed by atoms with Crippen LogP contribution in [0, 0.1) is 5.41 Å². The third-order valence-corrected chi connectivity index (χ3v) is 6.47. The van der Waals surface area contributed by atoms with E-state index in [1.165, 1.54) is 21.0 Å². The summed E-state index contributed by atoms with van der Waals surface area (Å²) in [5, 5.41) is 32.6. The molecule has 1 aliphatic heterocycles. The summed E-state index contributed by atoms with van der Waals surface area (Å²) in [6.07, 6.45) is -5.25. The molecule has 1 fully saturated rings. The molecule has 1 saturated heterocycles. The van der Waals surface area contributed by atoms with Gasteiger partial charge < -0.3 is 58.5 Å². The van der Waals surface area contributed by atoms with Gasteiger partial charge in [-0.1, -0.05) is 6.92 Å². The van der Waals surface area contributed by atoms with Crippen LogP contribution in [-0.4, -0.2) is 156 Å². The number of rotatable bonds is 27. The predicted octanol–water partition coefficient (Wildman–Crippen LogP) is -0.989. The van der Waals surface area contributed by atoms with Gasteiger partial charge in [0.2, 0.25) is 5.91 Å². The van der Waals surface area contributed by atoms with Gasteiger partial charge in [-0.3, -0.25) is 14.4 Å². The Morgan fingerprint density at radius 2 is 1.23 bits per heavy atom. The Balaban J connectivity index is 2.12. The zero-order chi connectivity index (χ0) is 32.8. The van der Waals surface area contributed by atoms with Crippen LogP contribution in [0.25, 0.3) is 0 Å². The van der Waals surface area contributed by atoms with Crippen molar-refractivity contribution < 1.29 is 67.6 Å². The van der Waals surface area contributed by atoms with E-state index in [0.29, 0.717) is 59.0 Å². The van der Waals surface area contributed by atoms with Gasteiger partial charge in [-0.05, 0) is 13.8 Å². The van der Waals surface area contributed by atoms with Crippen molar-refractivity contribution in [2.75, 3.05) is 92.9 Å². The summed E-state index contributed by atoms with van der Waals surface area (Å²) in [6.45, 7) is 8.14. The second-order valence-corrected chi connectivity index (χ2v) is 11.0. The Kier molecular flexibility index (Phi) is 21.7. The molecule has 15 nitrogen and oxygen atoms in total. The van der Waals surface area contributed by atoms with Crippen molar-refractivity contribution in [1.29, 1.82) is 0 Å². The molecule has 1 aliphatic rings. The van der Waals surface area contributed by atoms with Gasteiger partial charge in [-0.25, -0.2) is 0 Å². The fourth-order valence-corrected chi connectivity index (χ4v) is 3.93. The number of amides is 1. The lowest BCUT2D eigenvalue weighted by Crippen LogP contribution is -2.59. The van der Waals surface area contributed by atoms with E-state index in [1.807, 2.05) is 6.92 Å². The van der Waals surface area contributed by atoms with Gasteiger partial charge in [0.05, 0.1) is 79.3 Å². The molecule has 0 aliphatic carbocycles. The van der Waals surface area contributed by atoms with E-state index in [9.17, 15) is 29.7 Å². The Morgan fingerprint density at radius 3 is 1.77 bits per heavy atom. The lowest BCUT2D eigenvalue weighted by Gasteiger charge is -2.39. The van der Waals surface area contributed by atoms with Crippen LogP contribution in [0.2, 0.25) is 0 Å². The van der Waals surface area contributed by atoms with Crippen molar-refractivity contribution in [3.63, 3.8) is 0 Å². The third kappa shape index (κ3) is 18.4. The van der Waals surface area contributed by atoms with E-state index >= 15 is 0 Å². The molecule has 0 radical (unpaired) electrons. The molecule has 1 amide bonds. The highest BCUT2D eigenvalue weighted by Crippen LogP contribution is 2.22. The maximum Gasteiger partial charge on any atom is 0.222 e. The summed E-state index contributed by atoms with van der Waals surface area (Å²) < 4.78 is 43.7. The van der Waals surface area contributed by atoms with Gasteiger partial charge >= 0.3 is 0 Å². The van der Waals surface area contributed by atoms with Gasteiger partial charge in [0.15, 0.2) is 6.29 Å². The first kappa shape index (κ1) is 40.4. The number of carbonyl (C=O) groups is 3. The van der Waals surface area contributed by atoms with E-state index in [4.69, 9.17) is 37.9 Å². The summed E-state index contributed by atoms with van der Waals surface area (Å²) >= 11 is 0. The summed E-state index contributed by atoms with van der Waals surface area (Å²) in [5.41, 5.74) is -0.504. The topological polar surface area (TPSA) is 198 Å². The fraction of sp³-hybridized carbons (Fsp3) is 0.897. The second kappa shape index (κ2) is 23.7. The maximum atomic E-state index is 12.1. The van der Waals surface area contributed by atoms with Crippen molar-refractivity contribution >= 4 is 17.5 Å². The van der Waals surface area contributed by atoms with Crippen LogP contribution in [-0.2, 0) is 52.3 Å². The maximum absolute atomic E-state index is 12.1. The molecule has 0 bridgehead atoms. The van der Waals surface area contributed by atoms with Crippen molar-refractivity contribution in [3.05, 3.63) is 0 Å². The molecule has 0 spiro atoms. The smallest absolute Gasteiger partial charge is 0.222 e. The first-order valence-electron chi connectivity index (χ1n) is 14.9. The lowest BCUT2D eigenvalue weighted by molar-refractivity contribution is -0.303. The first-order chi connectivity index (χ1) is 21.0. The van der Waals surface area contributed by atoms with Crippen LogP contribution in [0.1, 0.15) is 40.0 Å². The minimum atomic E-state index is -1.42. The number of ether oxygens (including phenoxy) is 8. The van der Waals surface area contributed by atoms with Crippen LogP contribution in [0.4, 0.5) is 0 Å². The number of Topliss-reactive ketones (excluding diaryl/α,β-unsaturated/α-hetero) is 2. The molecule has 5 unspecified atom stereocenters. The molecule has 0 aromatic rings. The Morgan fingerprint density at radius 1 is 0.705 bits per heavy atom.